The molecule has 9 heteroatoms. The van der Waals surface area contributed by atoms with Gasteiger partial charge in [-0.05, 0) is 53.1 Å². The van der Waals surface area contributed by atoms with Gasteiger partial charge in [-0.2, -0.15) is 0 Å². The molecule has 0 unspecified atom stereocenters. The van der Waals surface area contributed by atoms with Gasteiger partial charge in [0.05, 0.1) is 5.69 Å². The molecule has 1 aromatic carbocycles. The molecule has 0 atom stereocenters. The molecule has 130 valence electrons. The van der Waals surface area contributed by atoms with Gasteiger partial charge >= 0.3 is 29.6 Å². The van der Waals surface area contributed by atoms with Crippen LogP contribution in [0, 0.1) is 0 Å². The Labute approximate surface area is 173 Å². The van der Waals surface area contributed by atoms with E-state index in [0.29, 0.717) is 11.4 Å². The van der Waals surface area contributed by atoms with Crippen LogP contribution in [-0.2, 0) is 6.42 Å². The summed E-state index contributed by atoms with van der Waals surface area (Å²) in [5, 5.41) is 15.6. The number of amides is 1. The van der Waals surface area contributed by atoms with Gasteiger partial charge < -0.3 is 5.73 Å². The summed E-state index contributed by atoms with van der Waals surface area (Å²) in [6, 6.07) is 11.2. The summed E-state index contributed by atoms with van der Waals surface area (Å²) in [5.41, 5.74) is 9.44. The molecule has 0 spiro atoms. The average molecular weight is 361 g/mol. The van der Waals surface area contributed by atoms with Crippen LogP contribution in [0.25, 0.3) is 11.3 Å². The first-order valence-electron chi connectivity index (χ1n) is 8.07. The number of pyridine rings is 1. The van der Waals surface area contributed by atoms with Gasteiger partial charge in [0.1, 0.15) is 5.69 Å². The molecule has 1 amide bonds. The summed E-state index contributed by atoms with van der Waals surface area (Å²) < 4.78 is 0. The van der Waals surface area contributed by atoms with Crippen LogP contribution < -0.4 is 11.1 Å². The molecule has 0 saturated carbocycles. The first kappa shape index (κ1) is 20.0. The Hall–Kier alpha value is -2.29. The molecule has 26 heavy (non-hydrogen) atoms. The zero-order chi connectivity index (χ0) is 17.6. The molecule has 0 aliphatic carbocycles. The minimum absolute atomic E-state index is 0. The summed E-state index contributed by atoms with van der Waals surface area (Å²) in [4.78, 5) is 17.0. The van der Waals surface area contributed by atoms with Crippen molar-refractivity contribution < 1.29 is 4.79 Å². The van der Waals surface area contributed by atoms with Gasteiger partial charge in [-0.3, -0.25) is 10.1 Å². The van der Waals surface area contributed by atoms with Crippen LogP contribution in [0.5, 0.6) is 0 Å². The summed E-state index contributed by atoms with van der Waals surface area (Å²) >= 11 is 0. The minimum atomic E-state index is -0.367. The second-order valence-electron chi connectivity index (χ2n) is 5.68. The van der Waals surface area contributed by atoms with E-state index in [4.69, 9.17) is 5.73 Å². The van der Waals surface area contributed by atoms with Crippen molar-refractivity contribution in [1.82, 2.24) is 25.6 Å². The molecule has 0 fully saturated rings. The van der Waals surface area contributed by atoms with Gasteiger partial charge in [-0.1, -0.05) is 30.6 Å². The zero-order valence-corrected chi connectivity index (χ0v) is 13.9. The Balaban J connectivity index is 0.00000243. The third-order valence-corrected chi connectivity index (χ3v) is 3.72. The number of nitrogen functional groups attached to an aromatic ring is 1. The van der Waals surface area contributed by atoms with E-state index in [2.05, 4.69) is 37.8 Å². The molecule has 3 rings (SSSR count). The number of rotatable bonds is 6. The number of nitrogens with zero attached hydrogens (tertiary/aromatic N) is 4. The Bertz CT molecular complexity index is 850. The number of tetrazole rings is 1. The molecule has 3 aromatic rings. The van der Waals surface area contributed by atoms with E-state index in [1.54, 1.807) is 6.07 Å². The summed E-state index contributed by atoms with van der Waals surface area (Å²) in [5.74, 6) is -0.187. The van der Waals surface area contributed by atoms with E-state index in [1.807, 2.05) is 30.3 Å². The second-order valence-corrected chi connectivity index (χ2v) is 5.68. The van der Waals surface area contributed by atoms with Crippen molar-refractivity contribution in [3.63, 3.8) is 0 Å². The van der Waals surface area contributed by atoms with Crippen LogP contribution >= 0.6 is 0 Å². The number of carbonyl (C=O) groups excluding carboxylic acids is 1. The van der Waals surface area contributed by atoms with Gasteiger partial charge in [0.15, 0.2) is 0 Å². The molecule has 0 bridgehead atoms. The van der Waals surface area contributed by atoms with Crippen LogP contribution in [0.15, 0.2) is 36.4 Å². The zero-order valence-electron chi connectivity index (χ0n) is 13.9. The number of carbonyl (C=O) groups is 1. The van der Waals surface area contributed by atoms with Crippen molar-refractivity contribution in [2.24, 2.45) is 0 Å². The molecule has 0 saturated heterocycles. The SMILES string of the molecule is CCCCc1cc(C(=O)Nc2nnn[nH]2)nc(-c2ccc(N)cc2)c1.[NaH]. The number of anilines is 2. The number of hydrogen-bond acceptors (Lipinski definition) is 6. The number of hydrogen-bond donors (Lipinski definition) is 3. The fraction of sp³-hybridized carbons (Fsp3) is 0.235. The quantitative estimate of drug-likeness (QED) is 0.454. The first-order chi connectivity index (χ1) is 12.2. The molecule has 0 aliphatic heterocycles. The average Bonchev–Trinajstić information content (AvgIpc) is 3.13. The van der Waals surface area contributed by atoms with E-state index in [0.717, 1.165) is 36.1 Å². The van der Waals surface area contributed by atoms with Crippen molar-refractivity contribution in [2.45, 2.75) is 26.2 Å². The number of aromatic amines is 1. The van der Waals surface area contributed by atoms with Gasteiger partial charge in [-0.15, -0.1) is 0 Å². The maximum atomic E-state index is 12.5. The van der Waals surface area contributed by atoms with Gasteiger partial charge in [0.2, 0.25) is 5.95 Å². The molecule has 4 N–H and O–H groups in total. The second kappa shape index (κ2) is 9.42. The predicted molar refractivity (Wildman–Crippen MR) is 102 cm³/mol. The van der Waals surface area contributed by atoms with Crippen molar-refractivity contribution in [3.05, 3.63) is 47.7 Å². The number of nitrogens with one attached hydrogen (secondary N) is 2. The predicted octanol–water partition coefficient (Wildman–Crippen LogP) is 1.79. The fourth-order valence-corrected chi connectivity index (χ4v) is 2.41. The molecular weight excluding hydrogens is 341 g/mol. The van der Waals surface area contributed by atoms with E-state index in [9.17, 15) is 4.79 Å². The third kappa shape index (κ3) is 5.10. The van der Waals surface area contributed by atoms with Gasteiger partial charge in [0.25, 0.3) is 5.91 Å². The summed E-state index contributed by atoms with van der Waals surface area (Å²) in [6.07, 6.45) is 2.99. The van der Waals surface area contributed by atoms with Gasteiger partial charge in [0, 0.05) is 11.3 Å². The third-order valence-electron chi connectivity index (χ3n) is 3.72. The van der Waals surface area contributed by atoms with Crippen LogP contribution in [0.1, 0.15) is 35.8 Å². The van der Waals surface area contributed by atoms with Crippen LogP contribution in [0.4, 0.5) is 11.6 Å². The molecule has 0 radical (unpaired) electrons. The normalized spacial score (nSPS) is 10.2. The van der Waals surface area contributed by atoms with Crippen molar-refractivity contribution >= 4 is 47.1 Å². The van der Waals surface area contributed by atoms with Gasteiger partial charge in [-0.25, -0.2) is 10.1 Å². The fourth-order valence-electron chi connectivity index (χ4n) is 2.41. The molecule has 2 aromatic heterocycles. The summed E-state index contributed by atoms with van der Waals surface area (Å²) in [6.45, 7) is 2.13. The Morgan fingerprint density at radius 2 is 2.00 bits per heavy atom. The van der Waals surface area contributed by atoms with Crippen LogP contribution in [0.3, 0.4) is 0 Å². The van der Waals surface area contributed by atoms with Crippen molar-refractivity contribution in [2.75, 3.05) is 11.1 Å². The summed E-state index contributed by atoms with van der Waals surface area (Å²) in [7, 11) is 0. The van der Waals surface area contributed by atoms with Crippen LogP contribution in [0.2, 0.25) is 0 Å². The van der Waals surface area contributed by atoms with E-state index < -0.39 is 0 Å². The molecule has 2 heterocycles. The first-order valence-corrected chi connectivity index (χ1v) is 8.07. The number of aromatic nitrogens is 5. The Kier molecular flexibility index (Phi) is 7.26. The molecular formula is C17H20N7NaO. The van der Waals surface area contributed by atoms with Crippen molar-refractivity contribution in [3.8, 4) is 11.3 Å². The molecule has 0 aliphatic rings. The van der Waals surface area contributed by atoms with E-state index in [1.165, 1.54) is 0 Å². The molecule has 8 nitrogen and oxygen atoms in total. The number of nitrogens with two attached hydrogens (primary N) is 1. The Morgan fingerprint density at radius 1 is 1.23 bits per heavy atom. The van der Waals surface area contributed by atoms with E-state index in [-0.39, 0.29) is 41.4 Å². The number of H-pyrrole nitrogens is 1. The van der Waals surface area contributed by atoms with Crippen molar-refractivity contribution in [1.29, 1.82) is 0 Å². The monoisotopic (exact) mass is 361 g/mol. The van der Waals surface area contributed by atoms with Crippen LogP contribution in [-0.4, -0.2) is 61.1 Å². The number of aryl methyl sites for hydroxylation is 1. The number of benzene rings is 1. The maximum absolute atomic E-state index is 12.5. The number of unbranched alkanes of at least 4 members (excludes halogenated alkanes) is 1. The van der Waals surface area contributed by atoms with E-state index >= 15 is 0 Å². The Morgan fingerprint density at radius 3 is 2.65 bits per heavy atom. The topological polar surface area (TPSA) is 122 Å². The standard InChI is InChI=1S/C17H19N7O.Na.H/c1-2-3-4-11-9-14(12-5-7-13(18)8-6-12)19-15(10-11)16(25)20-17-21-23-24-22-17;;/h5-10H,2-4,18H2,1H3,(H2,20,21,22,23,24,25);;.